The zero-order valence-electron chi connectivity index (χ0n) is 20.3. The second-order valence-electron chi connectivity index (χ2n) is 9.13. The molecule has 5 rings (SSSR count). The summed E-state index contributed by atoms with van der Waals surface area (Å²) < 4.78 is 6.34. The molecule has 5 nitrogen and oxygen atoms in total. The fraction of sp³-hybridized carbons (Fsp3) is 0.233. The first kappa shape index (κ1) is 25.5. The number of carbonyl (C=O) groups is 1. The van der Waals surface area contributed by atoms with Crippen molar-refractivity contribution in [2.45, 2.75) is 32.0 Å². The highest BCUT2D eigenvalue weighted by Crippen LogP contribution is 2.35. The number of ether oxygens (including phenoxy) is 1. The monoisotopic (exact) mass is 502 g/mol. The number of rotatable bonds is 8. The second-order valence-corrected chi connectivity index (χ2v) is 9.13. The van der Waals surface area contributed by atoms with Gasteiger partial charge < -0.3 is 20.1 Å². The van der Waals surface area contributed by atoms with E-state index in [1.807, 2.05) is 24.3 Å². The Labute approximate surface area is 218 Å². The van der Waals surface area contributed by atoms with Crippen LogP contribution in [0.15, 0.2) is 91.0 Å². The highest BCUT2D eigenvalue weighted by Gasteiger charge is 2.25. The maximum Gasteiger partial charge on any atom is 0.335 e. The molecule has 0 saturated carbocycles. The number of benzene rings is 4. The summed E-state index contributed by atoms with van der Waals surface area (Å²) in [6.07, 6.45) is 0.912. The summed E-state index contributed by atoms with van der Waals surface area (Å²) in [5, 5.41) is 15.6. The Balaban J connectivity index is 0.00000304. The first-order valence-electron chi connectivity index (χ1n) is 12.1. The number of anilines is 1. The number of carboxylic acid groups (broad SMARTS) is 1. The topological polar surface area (TPSA) is 61.8 Å². The van der Waals surface area contributed by atoms with Gasteiger partial charge in [-0.3, -0.25) is 0 Å². The first-order valence-corrected chi connectivity index (χ1v) is 12.1. The third-order valence-corrected chi connectivity index (χ3v) is 6.68. The van der Waals surface area contributed by atoms with E-state index in [0.29, 0.717) is 12.1 Å². The molecule has 1 heterocycles. The van der Waals surface area contributed by atoms with E-state index < -0.39 is 5.97 Å². The zero-order valence-corrected chi connectivity index (χ0v) is 21.1. The van der Waals surface area contributed by atoms with Crippen molar-refractivity contribution in [1.82, 2.24) is 5.32 Å². The van der Waals surface area contributed by atoms with Crippen molar-refractivity contribution in [3.63, 3.8) is 0 Å². The van der Waals surface area contributed by atoms with E-state index in [-0.39, 0.29) is 24.6 Å². The molecular formula is C30H31ClN2O3. The molecule has 186 valence electrons. The summed E-state index contributed by atoms with van der Waals surface area (Å²) in [5.41, 5.74) is 3.63. The molecule has 0 bridgehead atoms. The van der Waals surface area contributed by atoms with Gasteiger partial charge in [0.1, 0.15) is 11.9 Å². The van der Waals surface area contributed by atoms with Crippen LogP contribution < -0.4 is 15.0 Å². The third-order valence-electron chi connectivity index (χ3n) is 6.68. The molecule has 6 heteroatoms. The molecular weight excluding hydrogens is 472 g/mol. The quantitative estimate of drug-likeness (QED) is 0.289. The average Bonchev–Trinajstić information content (AvgIpc) is 2.88. The second kappa shape index (κ2) is 11.5. The molecule has 0 spiro atoms. The molecule has 0 fully saturated rings. The first-order chi connectivity index (χ1) is 17.1. The van der Waals surface area contributed by atoms with E-state index in [1.54, 1.807) is 18.2 Å². The number of nitrogens with one attached hydrogen (secondary N) is 1. The van der Waals surface area contributed by atoms with E-state index >= 15 is 0 Å². The fourth-order valence-corrected chi connectivity index (χ4v) is 4.90. The van der Waals surface area contributed by atoms with Crippen LogP contribution in [-0.4, -0.2) is 30.3 Å². The van der Waals surface area contributed by atoms with Crippen LogP contribution in [0.2, 0.25) is 0 Å². The number of fused-ring (bicyclic) bond motifs is 2. The van der Waals surface area contributed by atoms with Crippen LogP contribution in [0.25, 0.3) is 10.8 Å². The highest BCUT2D eigenvalue weighted by molar-refractivity contribution is 5.88. The Hall–Kier alpha value is -3.54. The number of nitrogens with zero attached hydrogens (tertiary/aromatic N) is 1. The van der Waals surface area contributed by atoms with Gasteiger partial charge in [-0.25, -0.2) is 4.79 Å². The average molecular weight is 503 g/mol. The Kier molecular flexibility index (Phi) is 8.14. The Morgan fingerprint density at radius 3 is 2.64 bits per heavy atom. The summed E-state index contributed by atoms with van der Waals surface area (Å²) in [6, 6.07) is 30.4. The molecule has 0 saturated heterocycles. The van der Waals surface area contributed by atoms with E-state index in [1.165, 1.54) is 16.3 Å². The van der Waals surface area contributed by atoms with Gasteiger partial charge in [0.15, 0.2) is 0 Å². The number of carboxylic acids is 1. The van der Waals surface area contributed by atoms with Gasteiger partial charge in [0.05, 0.1) is 17.8 Å². The van der Waals surface area contributed by atoms with Gasteiger partial charge in [0.2, 0.25) is 0 Å². The smallest absolute Gasteiger partial charge is 0.335 e. The normalized spacial score (nSPS) is 15.5. The van der Waals surface area contributed by atoms with Crippen LogP contribution in [-0.2, 0) is 6.54 Å². The summed E-state index contributed by atoms with van der Waals surface area (Å²) >= 11 is 0. The highest BCUT2D eigenvalue weighted by atomic mass is 35.5. The van der Waals surface area contributed by atoms with Crippen LogP contribution in [0.1, 0.15) is 40.9 Å². The molecule has 0 aliphatic carbocycles. The SMILES string of the molecule is C[C@@H](NCCC1CN(Cc2cccc(C(=O)O)c2)c2ccccc2O1)c1cccc2ccccc12.Cl. The molecule has 4 aromatic rings. The van der Waals surface area contributed by atoms with Crippen LogP contribution in [0, 0.1) is 0 Å². The van der Waals surface area contributed by atoms with Gasteiger partial charge in [-0.2, -0.15) is 0 Å². The number of hydrogen-bond acceptors (Lipinski definition) is 4. The van der Waals surface area contributed by atoms with E-state index in [9.17, 15) is 9.90 Å². The molecule has 1 unspecified atom stereocenters. The van der Waals surface area contributed by atoms with Crippen molar-refractivity contribution in [2.24, 2.45) is 0 Å². The molecule has 0 aromatic heterocycles. The fourth-order valence-electron chi connectivity index (χ4n) is 4.90. The molecule has 4 aromatic carbocycles. The van der Waals surface area contributed by atoms with Crippen LogP contribution in [0.5, 0.6) is 5.75 Å². The van der Waals surface area contributed by atoms with Crippen molar-refractivity contribution in [2.75, 3.05) is 18.0 Å². The maximum atomic E-state index is 11.4. The lowest BCUT2D eigenvalue weighted by Crippen LogP contribution is -2.41. The van der Waals surface area contributed by atoms with Crippen molar-refractivity contribution >= 4 is 34.8 Å². The van der Waals surface area contributed by atoms with Gasteiger partial charge in [-0.15, -0.1) is 12.4 Å². The maximum absolute atomic E-state index is 11.4. The summed E-state index contributed by atoms with van der Waals surface area (Å²) in [7, 11) is 0. The molecule has 0 amide bonds. The van der Waals surface area contributed by atoms with Crippen LogP contribution in [0.4, 0.5) is 5.69 Å². The zero-order chi connectivity index (χ0) is 24.2. The summed E-state index contributed by atoms with van der Waals surface area (Å²) in [5.74, 6) is -0.0289. The van der Waals surface area contributed by atoms with Gasteiger partial charge in [0, 0.05) is 12.6 Å². The van der Waals surface area contributed by atoms with Crippen molar-refractivity contribution < 1.29 is 14.6 Å². The lowest BCUT2D eigenvalue weighted by atomic mass is 9.99. The van der Waals surface area contributed by atoms with E-state index in [0.717, 1.165) is 36.5 Å². The summed E-state index contributed by atoms with van der Waals surface area (Å²) in [4.78, 5) is 13.7. The number of halogens is 1. The lowest BCUT2D eigenvalue weighted by molar-refractivity contribution is 0.0696. The molecule has 0 radical (unpaired) electrons. The van der Waals surface area contributed by atoms with Crippen molar-refractivity contribution in [3.05, 3.63) is 108 Å². The van der Waals surface area contributed by atoms with Crippen LogP contribution >= 0.6 is 12.4 Å². The third kappa shape index (κ3) is 5.64. The van der Waals surface area contributed by atoms with Gasteiger partial charge >= 0.3 is 5.97 Å². The molecule has 2 atom stereocenters. The standard InChI is InChI=1S/C30H30N2O3.ClH/c1-21(26-13-7-10-23-9-2-3-12-27(23)26)31-17-16-25-20-32(28-14-4-5-15-29(28)35-25)19-22-8-6-11-24(18-22)30(33)34;/h2-15,18,21,25,31H,16-17,19-20H2,1H3,(H,33,34);1H/t21-,25?;/m1./s1. The van der Waals surface area contributed by atoms with Gasteiger partial charge in [-0.05, 0) is 66.1 Å². The molecule has 36 heavy (non-hydrogen) atoms. The minimum atomic E-state index is -0.904. The van der Waals surface area contributed by atoms with Gasteiger partial charge in [-0.1, -0.05) is 66.7 Å². The molecule has 2 N–H and O–H groups in total. The molecule has 1 aliphatic heterocycles. The predicted molar refractivity (Wildman–Crippen MR) is 148 cm³/mol. The largest absolute Gasteiger partial charge is 0.486 e. The minimum Gasteiger partial charge on any atom is -0.486 e. The van der Waals surface area contributed by atoms with Crippen molar-refractivity contribution in [1.29, 1.82) is 0 Å². The Morgan fingerprint density at radius 1 is 1.03 bits per heavy atom. The van der Waals surface area contributed by atoms with E-state index in [2.05, 4.69) is 65.7 Å². The number of para-hydroxylation sites is 2. The van der Waals surface area contributed by atoms with Crippen molar-refractivity contribution in [3.8, 4) is 5.75 Å². The predicted octanol–water partition coefficient (Wildman–Crippen LogP) is 6.47. The minimum absolute atomic E-state index is 0. The molecule has 1 aliphatic rings. The number of aromatic carboxylic acids is 1. The summed E-state index contributed by atoms with van der Waals surface area (Å²) in [6.45, 7) is 4.43. The number of hydrogen-bond donors (Lipinski definition) is 2. The lowest BCUT2D eigenvalue weighted by Gasteiger charge is -2.36. The Bertz CT molecular complexity index is 1340. The van der Waals surface area contributed by atoms with Crippen LogP contribution in [0.3, 0.4) is 0 Å². The van der Waals surface area contributed by atoms with Gasteiger partial charge in [0.25, 0.3) is 0 Å². The Morgan fingerprint density at radius 2 is 1.78 bits per heavy atom. The van der Waals surface area contributed by atoms with E-state index in [4.69, 9.17) is 4.74 Å².